The van der Waals surface area contributed by atoms with Crippen LogP contribution in [0, 0.1) is 0 Å². The summed E-state index contributed by atoms with van der Waals surface area (Å²) in [5.41, 5.74) is 3.26. The zero-order valence-corrected chi connectivity index (χ0v) is 14.7. The maximum atomic E-state index is 4.54. The second kappa shape index (κ2) is 10.0. The Hall–Kier alpha value is -2.94. The molecule has 0 aromatic rings. The quantitative estimate of drug-likeness (QED) is 0.657. The molecular weight excluding hydrogens is 306 g/mol. The zero-order chi connectivity index (χ0) is 17.9. The van der Waals surface area contributed by atoms with Gasteiger partial charge in [-0.1, -0.05) is 79.5 Å². The van der Waals surface area contributed by atoms with Crippen molar-refractivity contribution in [3.05, 3.63) is 96.7 Å². The predicted octanol–water partition coefficient (Wildman–Crippen LogP) is 4.98. The van der Waals surface area contributed by atoms with E-state index in [4.69, 9.17) is 0 Å². The molecule has 0 saturated carbocycles. The van der Waals surface area contributed by atoms with Crippen LogP contribution in [0.4, 0.5) is 0 Å². The van der Waals surface area contributed by atoms with Crippen LogP contribution < -0.4 is 5.32 Å². The summed E-state index contributed by atoms with van der Waals surface area (Å²) in [6, 6.07) is 0. The third-order valence-corrected chi connectivity index (χ3v) is 3.60. The van der Waals surface area contributed by atoms with Gasteiger partial charge in [-0.05, 0) is 31.4 Å². The van der Waals surface area contributed by atoms with Crippen LogP contribution in [0.3, 0.4) is 0 Å². The monoisotopic (exact) mass is 331 g/mol. The molecule has 2 rings (SSSR count). The molecule has 0 aromatic heterocycles. The SMILES string of the molecule is C=C/C=C\C=C\C1N=CNC(C(=C)/C=C\C(C)=C\C2=CCCC=C2)=N1. The molecule has 25 heavy (non-hydrogen) atoms. The molecule has 0 fully saturated rings. The fraction of sp³-hybridized carbons (Fsp3) is 0.182. The van der Waals surface area contributed by atoms with Gasteiger partial charge in [-0.15, -0.1) is 0 Å². The van der Waals surface area contributed by atoms with E-state index in [9.17, 15) is 0 Å². The van der Waals surface area contributed by atoms with Crippen molar-refractivity contribution in [2.24, 2.45) is 9.98 Å². The first-order valence-corrected chi connectivity index (χ1v) is 8.43. The lowest BCUT2D eigenvalue weighted by Crippen LogP contribution is -2.28. The maximum absolute atomic E-state index is 4.54. The van der Waals surface area contributed by atoms with Crippen molar-refractivity contribution in [2.75, 3.05) is 0 Å². The average molecular weight is 331 g/mol. The number of aliphatic imine (C=N–C) groups is 2. The van der Waals surface area contributed by atoms with Crippen molar-refractivity contribution in [3.8, 4) is 0 Å². The first kappa shape index (κ1) is 18.4. The van der Waals surface area contributed by atoms with Crippen LogP contribution in [0.15, 0.2) is 107 Å². The lowest BCUT2D eigenvalue weighted by Gasteiger charge is -2.13. The third kappa shape index (κ3) is 6.60. The van der Waals surface area contributed by atoms with Gasteiger partial charge in [-0.3, -0.25) is 0 Å². The normalized spacial score (nSPS) is 20.8. The van der Waals surface area contributed by atoms with Gasteiger partial charge < -0.3 is 5.32 Å². The lowest BCUT2D eigenvalue weighted by atomic mass is 10.0. The number of nitrogens with zero attached hydrogens (tertiary/aromatic N) is 2. The minimum absolute atomic E-state index is 0.231. The molecule has 0 spiro atoms. The molecular formula is C22H25N3. The van der Waals surface area contributed by atoms with Gasteiger partial charge in [-0.25, -0.2) is 9.98 Å². The Labute approximate surface area is 150 Å². The molecule has 1 heterocycles. The molecule has 1 aliphatic heterocycles. The average Bonchev–Trinajstić information content (AvgIpc) is 2.64. The van der Waals surface area contributed by atoms with E-state index in [1.807, 2.05) is 30.4 Å². The van der Waals surface area contributed by atoms with Gasteiger partial charge in [0.15, 0.2) is 6.17 Å². The molecule has 3 nitrogen and oxygen atoms in total. The highest BCUT2D eigenvalue weighted by molar-refractivity contribution is 6.06. The number of allylic oxidation sites excluding steroid dienone is 11. The fourth-order valence-electron chi connectivity index (χ4n) is 2.31. The van der Waals surface area contributed by atoms with Gasteiger partial charge >= 0.3 is 0 Å². The molecule has 0 radical (unpaired) electrons. The molecule has 3 heteroatoms. The van der Waals surface area contributed by atoms with Crippen LogP contribution >= 0.6 is 0 Å². The van der Waals surface area contributed by atoms with E-state index < -0.39 is 0 Å². The van der Waals surface area contributed by atoms with Crippen LogP contribution in [0.25, 0.3) is 0 Å². The van der Waals surface area contributed by atoms with Crippen molar-refractivity contribution in [2.45, 2.75) is 25.9 Å². The minimum Gasteiger partial charge on any atom is -0.331 e. The molecule has 1 aliphatic carbocycles. The van der Waals surface area contributed by atoms with E-state index in [0.717, 1.165) is 24.3 Å². The third-order valence-electron chi connectivity index (χ3n) is 3.60. The Balaban J connectivity index is 1.98. The molecule has 2 aliphatic rings. The first-order chi connectivity index (χ1) is 12.2. The number of hydrogen-bond acceptors (Lipinski definition) is 3. The van der Waals surface area contributed by atoms with E-state index >= 15 is 0 Å². The Morgan fingerprint density at radius 3 is 2.88 bits per heavy atom. The Morgan fingerprint density at radius 1 is 1.24 bits per heavy atom. The molecule has 0 bridgehead atoms. The van der Waals surface area contributed by atoms with Crippen LogP contribution in [-0.4, -0.2) is 18.3 Å². The summed E-state index contributed by atoms with van der Waals surface area (Å²) in [4.78, 5) is 8.81. The summed E-state index contributed by atoms with van der Waals surface area (Å²) in [5.74, 6) is 0.734. The summed E-state index contributed by atoms with van der Waals surface area (Å²) in [6.45, 7) is 9.81. The molecule has 0 aromatic carbocycles. The van der Waals surface area contributed by atoms with Gasteiger partial charge in [0.1, 0.15) is 5.84 Å². The van der Waals surface area contributed by atoms with Gasteiger partial charge in [0.05, 0.1) is 6.34 Å². The van der Waals surface area contributed by atoms with Gasteiger partial charge in [-0.2, -0.15) is 0 Å². The number of nitrogens with one attached hydrogen (secondary N) is 1. The summed E-state index contributed by atoms with van der Waals surface area (Å²) in [5, 5.41) is 3.05. The number of rotatable bonds is 7. The van der Waals surface area contributed by atoms with Crippen LogP contribution in [0.1, 0.15) is 19.8 Å². The van der Waals surface area contributed by atoms with Gasteiger partial charge in [0, 0.05) is 5.57 Å². The number of hydrogen-bond donors (Lipinski definition) is 1. The number of amidine groups is 1. The van der Waals surface area contributed by atoms with Crippen molar-refractivity contribution < 1.29 is 0 Å². The van der Waals surface area contributed by atoms with E-state index in [2.05, 4.69) is 65.8 Å². The molecule has 1 atom stereocenters. The topological polar surface area (TPSA) is 36.8 Å². The Morgan fingerprint density at radius 2 is 2.12 bits per heavy atom. The molecule has 128 valence electrons. The largest absolute Gasteiger partial charge is 0.331 e. The summed E-state index contributed by atoms with van der Waals surface area (Å²) >= 11 is 0. The molecule has 0 saturated heterocycles. The van der Waals surface area contributed by atoms with Crippen molar-refractivity contribution in [3.63, 3.8) is 0 Å². The highest BCUT2D eigenvalue weighted by Gasteiger charge is 2.08. The molecule has 1 N–H and O–H groups in total. The highest BCUT2D eigenvalue weighted by atomic mass is 15.2. The summed E-state index contributed by atoms with van der Waals surface area (Å²) < 4.78 is 0. The van der Waals surface area contributed by atoms with E-state index in [1.165, 1.54) is 11.1 Å². The van der Waals surface area contributed by atoms with Gasteiger partial charge in [0.25, 0.3) is 0 Å². The van der Waals surface area contributed by atoms with Crippen LogP contribution in [0.5, 0.6) is 0 Å². The van der Waals surface area contributed by atoms with Crippen LogP contribution in [-0.2, 0) is 0 Å². The zero-order valence-electron chi connectivity index (χ0n) is 14.7. The second-order valence-electron chi connectivity index (χ2n) is 5.75. The van der Waals surface area contributed by atoms with Crippen molar-refractivity contribution in [1.29, 1.82) is 0 Å². The smallest absolute Gasteiger partial charge is 0.162 e. The van der Waals surface area contributed by atoms with Crippen molar-refractivity contribution in [1.82, 2.24) is 5.32 Å². The molecule has 0 amide bonds. The van der Waals surface area contributed by atoms with E-state index in [1.54, 1.807) is 12.4 Å². The summed E-state index contributed by atoms with van der Waals surface area (Å²) in [7, 11) is 0. The fourth-order valence-corrected chi connectivity index (χ4v) is 2.31. The predicted molar refractivity (Wildman–Crippen MR) is 110 cm³/mol. The van der Waals surface area contributed by atoms with Crippen molar-refractivity contribution >= 4 is 12.2 Å². The maximum Gasteiger partial charge on any atom is 0.162 e. The standard InChI is InChI=1S/C22H25N3/c1-4-5-6-10-13-21-23-17-24-22(25-21)19(3)15-14-18(2)16-20-11-8-7-9-12-20/h4-6,8,10-17,21H,1,3,7,9H2,2H3,(H,23,24,25)/b6-5-,13-10+,15-14-,18-16+. The highest BCUT2D eigenvalue weighted by Crippen LogP contribution is 2.14. The molecule has 1 unspecified atom stereocenters. The van der Waals surface area contributed by atoms with E-state index in [0.29, 0.717) is 0 Å². The summed E-state index contributed by atoms with van der Waals surface area (Å²) in [6.07, 6.45) is 25.8. The Kier molecular flexibility index (Phi) is 7.39. The Bertz CT molecular complexity index is 737. The lowest BCUT2D eigenvalue weighted by molar-refractivity contribution is 0.855. The minimum atomic E-state index is -0.231. The van der Waals surface area contributed by atoms with E-state index in [-0.39, 0.29) is 6.17 Å². The second-order valence-corrected chi connectivity index (χ2v) is 5.75. The van der Waals surface area contributed by atoms with Gasteiger partial charge in [0.2, 0.25) is 0 Å². The first-order valence-electron chi connectivity index (χ1n) is 8.43. The van der Waals surface area contributed by atoms with Crippen LogP contribution in [0.2, 0.25) is 0 Å².